The number of allylic oxidation sites excluding steroid dienone is 1. The molecule has 0 aliphatic heterocycles. The average molecular weight is 298 g/mol. The summed E-state index contributed by atoms with van der Waals surface area (Å²) in [7, 11) is 0. The van der Waals surface area contributed by atoms with Crippen molar-refractivity contribution in [2.45, 2.75) is 11.8 Å². The second-order valence-corrected chi connectivity index (χ2v) is 5.93. The van der Waals surface area contributed by atoms with Crippen LogP contribution in [0.15, 0.2) is 53.4 Å². The van der Waals surface area contributed by atoms with Crippen LogP contribution in [0.5, 0.6) is 0 Å². The van der Waals surface area contributed by atoms with E-state index < -0.39 is 0 Å². The highest BCUT2D eigenvalue weighted by Crippen LogP contribution is 2.19. The first-order chi connectivity index (χ1) is 10.1. The topological polar surface area (TPSA) is 69.1 Å². The smallest absolute Gasteiger partial charge is 0.185 e. The van der Waals surface area contributed by atoms with Crippen LogP contribution in [0.25, 0.3) is 6.08 Å². The molecule has 0 bridgehead atoms. The Morgan fingerprint density at radius 2 is 1.71 bits per heavy atom. The van der Waals surface area contributed by atoms with Gasteiger partial charge in [0.2, 0.25) is 0 Å². The Morgan fingerprint density at radius 1 is 1.10 bits per heavy atom. The number of ketones is 1. The molecule has 0 saturated carbocycles. The summed E-state index contributed by atoms with van der Waals surface area (Å²) in [5.74, 6) is 0.980. The molecular formula is C17H18N2OS. The van der Waals surface area contributed by atoms with E-state index in [0.717, 1.165) is 11.3 Å². The number of rotatable bonds is 5. The SMILES string of the molecule is CCSc1ccc(C(=O)/C=C/c2cc(N)cc(N)c2)cc1. The van der Waals surface area contributed by atoms with Crippen molar-refractivity contribution in [2.75, 3.05) is 17.2 Å². The van der Waals surface area contributed by atoms with E-state index in [4.69, 9.17) is 11.5 Å². The van der Waals surface area contributed by atoms with E-state index in [1.165, 1.54) is 11.0 Å². The predicted octanol–water partition coefficient (Wildman–Crippen LogP) is 3.86. The molecule has 108 valence electrons. The van der Waals surface area contributed by atoms with E-state index in [1.807, 2.05) is 24.3 Å². The fourth-order valence-corrected chi connectivity index (χ4v) is 2.61. The van der Waals surface area contributed by atoms with Gasteiger partial charge in [0.15, 0.2) is 5.78 Å². The molecule has 4 heteroatoms. The van der Waals surface area contributed by atoms with E-state index in [2.05, 4.69) is 6.92 Å². The quantitative estimate of drug-likeness (QED) is 0.380. The number of hydrogen-bond acceptors (Lipinski definition) is 4. The number of nitrogens with two attached hydrogens (primary N) is 2. The highest BCUT2D eigenvalue weighted by molar-refractivity contribution is 7.99. The van der Waals surface area contributed by atoms with Crippen molar-refractivity contribution in [3.05, 3.63) is 59.7 Å². The van der Waals surface area contributed by atoms with E-state index in [9.17, 15) is 4.79 Å². The molecule has 0 spiro atoms. The molecule has 4 N–H and O–H groups in total. The largest absolute Gasteiger partial charge is 0.399 e. The third-order valence-corrected chi connectivity index (χ3v) is 3.77. The molecule has 0 aliphatic carbocycles. The standard InChI is InChI=1S/C17H18N2OS/c1-2-21-16-6-4-13(5-7-16)17(20)8-3-12-9-14(18)11-15(19)10-12/h3-11H,2,18-19H2,1H3/b8-3+. The zero-order valence-electron chi connectivity index (χ0n) is 11.9. The van der Waals surface area contributed by atoms with Gasteiger partial charge in [-0.3, -0.25) is 4.79 Å². The van der Waals surface area contributed by atoms with Crippen molar-refractivity contribution in [1.29, 1.82) is 0 Å². The lowest BCUT2D eigenvalue weighted by atomic mass is 10.1. The van der Waals surface area contributed by atoms with Gasteiger partial charge in [-0.2, -0.15) is 0 Å². The number of nitrogen functional groups attached to an aromatic ring is 2. The van der Waals surface area contributed by atoms with Crippen molar-refractivity contribution < 1.29 is 4.79 Å². The highest BCUT2D eigenvalue weighted by atomic mass is 32.2. The molecule has 0 aliphatic rings. The van der Waals surface area contributed by atoms with Crippen LogP contribution < -0.4 is 11.5 Å². The van der Waals surface area contributed by atoms with Gasteiger partial charge in [-0.05, 0) is 59.9 Å². The van der Waals surface area contributed by atoms with Gasteiger partial charge >= 0.3 is 0 Å². The van der Waals surface area contributed by atoms with Crippen LogP contribution in [0.4, 0.5) is 11.4 Å². The van der Waals surface area contributed by atoms with Crippen molar-refractivity contribution in [3.63, 3.8) is 0 Å². The van der Waals surface area contributed by atoms with Crippen LogP contribution in [0.1, 0.15) is 22.8 Å². The first-order valence-corrected chi connectivity index (χ1v) is 7.68. The minimum absolute atomic E-state index is 0.0379. The Balaban J connectivity index is 2.11. The van der Waals surface area contributed by atoms with Crippen molar-refractivity contribution in [2.24, 2.45) is 0 Å². The van der Waals surface area contributed by atoms with Gasteiger partial charge in [0.25, 0.3) is 0 Å². The summed E-state index contributed by atoms with van der Waals surface area (Å²) < 4.78 is 0. The van der Waals surface area contributed by atoms with Gasteiger partial charge < -0.3 is 11.5 Å². The molecule has 2 aromatic carbocycles. The molecular weight excluding hydrogens is 280 g/mol. The third-order valence-electron chi connectivity index (χ3n) is 2.88. The summed E-state index contributed by atoms with van der Waals surface area (Å²) in [6, 6.07) is 12.9. The van der Waals surface area contributed by atoms with Crippen molar-refractivity contribution in [1.82, 2.24) is 0 Å². The number of carbonyl (C=O) groups excluding carboxylic acids is 1. The molecule has 0 amide bonds. The summed E-state index contributed by atoms with van der Waals surface area (Å²) in [4.78, 5) is 13.3. The zero-order valence-corrected chi connectivity index (χ0v) is 12.7. The Labute approximate surface area is 129 Å². The fourth-order valence-electron chi connectivity index (χ4n) is 1.95. The number of benzene rings is 2. The molecule has 0 unspecified atom stereocenters. The number of anilines is 2. The number of carbonyl (C=O) groups is 1. The van der Waals surface area contributed by atoms with Crippen LogP contribution in [-0.4, -0.2) is 11.5 Å². The Kier molecular flexibility index (Phi) is 5.06. The van der Waals surface area contributed by atoms with Gasteiger partial charge in [-0.1, -0.05) is 13.0 Å². The Bertz CT molecular complexity index is 643. The van der Waals surface area contributed by atoms with Gasteiger partial charge in [0, 0.05) is 21.8 Å². The third kappa shape index (κ3) is 4.39. The molecule has 0 heterocycles. The molecule has 0 radical (unpaired) electrons. The van der Waals surface area contributed by atoms with Crippen LogP contribution >= 0.6 is 11.8 Å². The molecule has 0 aromatic heterocycles. The van der Waals surface area contributed by atoms with Crippen LogP contribution in [0, 0.1) is 0 Å². The summed E-state index contributed by atoms with van der Waals surface area (Å²) >= 11 is 1.75. The van der Waals surface area contributed by atoms with E-state index in [1.54, 1.807) is 36.0 Å². The fraction of sp³-hybridized carbons (Fsp3) is 0.118. The van der Waals surface area contributed by atoms with Crippen LogP contribution in [0.3, 0.4) is 0 Å². The monoisotopic (exact) mass is 298 g/mol. The summed E-state index contributed by atoms with van der Waals surface area (Å²) in [5.41, 5.74) is 14.1. The molecule has 2 rings (SSSR count). The average Bonchev–Trinajstić information content (AvgIpc) is 2.45. The van der Waals surface area contributed by atoms with Gasteiger partial charge in [-0.25, -0.2) is 0 Å². The molecule has 0 fully saturated rings. The van der Waals surface area contributed by atoms with E-state index in [0.29, 0.717) is 16.9 Å². The van der Waals surface area contributed by atoms with Crippen LogP contribution in [-0.2, 0) is 0 Å². The summed E-state index contributed by atoms with van der Waals surface area (Å²) in [6.45, 7) is 2.10. The lowest BCUT2D eigenvalue weighted by Gasteiger charge is -2.01. The number of thioether (sulfide) groups is 1. The minimum Gasteiger partial charge on any atom is -0.399 e. The second-order valence-electron chi connectivity index (χ2n) is 4.59. The number of hydrogen-bond donors (Lipinski definition) is 2. The molecule has 0 saturated heterocycles. The first-order valence-electron chi connectivity index (χ1n) is 6.70. The minimum atomic E-state index is -0.0379. The maximum atomic E-state index is 12.1. The van der Waals surface area contributed by atoms with Gasteiger partial charge in [-0.15, -0.1) is 11.8 Å². The first kappa shape index (κ1) is 15.2. The molecule has 0 atom stereocenters. The van der Waals surface area contributed by atoms with Gasteiger partial charge in [0.05, 0.1) is 0 Å². The summed E-state index contributed by atoms with van der Waals surface area (Å²) in [5, 5.41) is 0. The summed E-state index contributed by atoms with van der Waals surface area (Å²) in [6.07, 6.45) is 3.26. The lowest BCUT2D eigenvalue weighted by molar-refractivity contribution is 0.104. The molecule has 2 aromatic rings. The van der Waals surface area contributed by atoms with Crippen LogP contribution in [0.2, 0.25) is 0 Å². The van der Waals surface area contributed by atoms with E-state index in [-0.39, 0.29) is 5.78 Å². The van der Waals surface area contributed by atoms with E-state index >= 15 is 0 Å². The highest BCUT2D eigenvalue weighted by Gasteiger charge is 2.02. The lowest BCUT2D eigenvalue weighted by Crippen LogP contribution is -1.94. The maximum absolute atomic E-state index is 12.1. The second kappa shape index (κ2) is 6.99. The molecule has 3 nitrogen and oxygen atoms in total. The predicted molar refractivity (Wildman–Crippen MR) is 91.5 cm³/mol. The Hall–Kier alpha value is -2.20. The molecule has 21 heavy (non-hydrogen) atoms. The normalized spacial score (nSPS) is 10.9. The zero-order chi connectivity index (χ0) is 15.2. The Morgan fingerprint density at radius 3 is 2.29 bits per heavy atom. The van der Waals surface area contributed by atoms with Crippen molar-refractivity contribution in [3.8, 4) is 0 Å². The maximum Gasteiger partial charge on any atom is 0.185 e. The van der Waals surface area contributed by atoms with Gasteiger partial charge in [0.1, 0.15) is 0 Å². The van der Waals surface area contributed by atoms with Crippen molar-refractivity contribution >= 4 is 35.0 Å².